The Hall–Kier alpha value is -0.200. The quantitative estimate of drug-likeness (QED) is 0.494. The molecule has 0 bridgehead atoms. The van der Waals surface area contributed by atoms with Crippen LogP contribution in [0, 0.1) is 0 Å². The van der Waals surface area contributed by atoms with Gasteiger partial charge in [0.15, 0.2) is 0 Å². The van der Waals surface area contributed by atoms with Crippen LogP contribution >= 0.6 is 0 Å². The van der Waals surface area contributed by atoms with E-state index in [2.05, 4.69) is 47.4 Å². The van der Waals surface area contributed by atoms with Gasteiger partial charge in [0, 0.05) is 62.9 Å². The maximum absolute atomic E-state index is 3.80. The molecule has 0 aromatic rings. The lowest BCUT2D eigenvalue weighted by Crippen LogP contribution is -2.53. The van der Waals surface area contributed by atoms with Gasteiger partial charge in [-0.15, -0.1) is 0 Å². The first-order valence-corrected chi connectivity index (χ1v) is 9.87. The van der Waals surface area contributed by atoms with Gasteiger partial charge in [-0.25, -0.2) is 0 Å². The molecule has 2 fully saturated rings. The molecule has 5 atom stereocenters. The number of fused-ring (bicyclic) bond motifs is 1. The fraction of sp³-hybridized carbons (Fsp3) is 1.00. The molecule has 0 aromatic heterocycles. The van der Waals surface area contributed by atoms with Crippen LogP contribution in [0.2, 0.25) is 0 Å². The van der Waals surface area contributed by atoms with Gasteiger partial charge in [-0.1, -0.05) is 19.8 Å². The second-order valence-electron chi connectivity index (χ2n) is 7.43. The van der Waals surface area contributed by atoms with Crippen molar-refractivity contribution in [2.75, 3.05) is 32.7 Å². The van der Waals surface area contributed by atoms with Gasteiger partial charge in [0.1, 0.15) is 0 Å². The van der Waals surface area contributed by atoms with Gasteiger partial charge in [-0.05, 0) is 33.1 Å². The Morgan fingerprint density at radius 1 is 0.739 bits per heavy atom. The zero-order chi connectivity index (χ0) is 16.5. The molecule has 136 valence electrons. The molecule has 2 aliphatic rings. The number of rotatable bonds is 1. The van der Waals surface area contributed by atoms with Crippen molar-refractivity contribution in [3.63, 3.8) is 0 Å². The van der Waals surface area contributed by atoms with Gasteiger partial charge >= 0.3 is 0 Å². The summed E-state index contributed by atoms with van der Waals surface area (Å²) in [7, 11) is 0. The Labute approximate surface area is 143 Å². The fourth-order valence-electron chi connectivity index (χ4n) is 3.97. The molecule has 0 aromatic carbocycles. The van der Waals surface area contributed by atoms with Crippen molar-refractivity contribution in [1.82, 2.24) is 26.6 Å². The third-order valence-corrected chi connectivity index (χ3v) is 5.52. The van der Waals surface area contributed by atoms with E-state index < -0.39 is 0 Å². The molecule has 23 heavy (non-hydrogen) atoms. The van der Waals surface area contributed by atoms with Gasteiger partial charge in [0.2, 0.25) is 0 Å². The van der Waals surface area contributed by atoms with Crippen molar-refractivity contribution in [3.8, 4) is 0 Å². The van der Waals surface area contributed by atoms with Crippen LogP contribution in [0.1, 0.15) is 52.9 Å². The zero-order valence-corrected chi connectivity index (χ0v) is 15.5. The second-order valence-corrected chi connectivity index (χ2v) is 7.43. The molecule has 0 amide bonds. The highest BCUT2D eigenvalue weighted by molar-refractivity contribution is 4.88. The lowest BCUT2D eigenvalue weighted by atomic mass is 9.90. The minimum absolute atomic E-state index is 0.518. The highest BCUT2D eigenvalue weighted by Gasteiger charge is 2.24. The van der Waals surface area contributed by atoms with Crippen molar-refractivity contribution >= 4 is 0 Å². The predicted octanol–water partition coefficient (Wildman–Crippen LogP) is 0.815. The van der Waals surface area contributed by atoms with E-state index in [0.29, 0.717) is 30.2 Å². The third-order valence-electron chi connectivity index (χ3n) is 5.52. The van der Waals surface area contributed by atoms with Crippen molar-refractivity contribution < 1.29 is 0 Å². The van der Waals surface area contributed by atoms with E-state index in [1.807, 2.05) is 0 Å². The molecule has 1 heterocycles. The molecule has 1 saturated carbocycles. The zero-order valence-electron chi connectivity index (χ0n) is 15.5. The minimum atomic E-state index is 0.518. The maximum Gasteiger partial charge on any atom is 0.0221 e. The molecule has 1 aliphatic heterocycles. The molecule has 1 aliphatic carbocycles. The summed E-state index contributed by atoms with van der Waals surface area (Å²) in [5.74, 6) is 0. The average molecular weight is 326 g/mol. The Morgan fingerprint density at radius 3 is 2.09 bits per heavy atom. The number of nitrogens with one attached hydrogen (secondary N) is 5. The Kier molecular flexibility index (Phi) is 8.83. The van der Waals surface area contributed by atoms with Crippen LogP contribution in [0.15, 0.2) is 0 Å². The fourth-order valence-corrected chi connectivity index (χ4v) is 3.97. The van der Waals surface area contributed by atoms with E-state index in [1.54, 1.807) is 0 Å². The molecule has 0 radical (unpaired) electrons. The summed E-state index contributed by atoms with van der Waals surface area (Å²) in [5.41, 5.74) is 0. The van der Waals surface area contributed by atoms with Crippen LogP contribution in [0.4, 0.5) is 0 Å². The van der Waals surface area contributed by atoms with Crippen LogP contribution in [-0.2, 0) is 0 Å². The van der Waals surface area contributed by atoms with Crippen molar-refractivity contribution in [3.05, 3.63) is 0 Å². The molecule has 0 unspecified atom stereocenters. The normalized spacial score (nSPS) is 39.0. The second kappa shape index (κ2) is 10.6. The molecule has 5 N–H and O–H groups in total. The van der Waals surface area contributed by atoms with E-state index in [9.17, 15) is 0 Å². The van der Waals surface area contributed by atoms with E-state index in [0.717, 1.165) is 32.7 Å². The lowest BCUT2D eigenvalue weighted by molar-refractivity contribution is 0.277. The van der Waals surface area contributed by atoms with Gasteiger partial charge in [-0.2, -0.15) is 0 Å². The standard InChI is InChI=1S/C18H39N5/c1-4-16-15(3)20-10-12-22-17-7-5-6-8-18(17)23-13-14(2)19-9-11-21-16/h14-23H,4-13H2,1-3H3/t14-,15-,16-,17-,18-/m1/s1. The van der Waals surface area contributed by atoms with E-state index in [4.69, 9.17) is 0 Å². The lowest BCUT2D eigenvalue weighted by Gasteiger charge is -2.34. The van der Waals surface area contributed by atoms with Crippen LogP contribution in [0.5, 0.6) is 0 Å². The highest BCUT2D eigenvalue weighted by Crippen LogP contribution is 2.18. The molecule has 2 rings (SSSR count). The number of hydrogen-bond donors (Lipinski definition) is 5. The SMILES string of the molecule is CC[C@H]1NCCN[C@H](C)CN[C@@H]2CCCC[C@H]2NCCN[C@@H]1C. The van der Waals surface area contributed by atoms with Gasteiger partial charge in [0.05, 0.1) is 0 Å². The summed E-state index contributed by atoms with van der Waals surface area (Å²) in [4.78, 5) is 0. The van der Waals surface area contributed by atoms with Crippen LogP contribution in [-0.4, -0.2) is 62.9 Å². The predicted molar refractivity (Wildman–Crippen MR) is 99.1 cm³/mol. The van der Waals surface area contributed by atoms with Gasteiger partial charge in [0.25, 0.3) is 0 Å². The summed E-state index contributed by atoms with van der Waals surface area (Å²) >= 11 is 0. The first-order chi connectivity index (χ1) is 11.2. The maximum atomic E-state index is 3.80. The Morgan fingerprint density at radius 2 is 1.35 bits per heavy atom. The summed E-state index contributed by atoms with van der Waals surface area (Å²) in [6.07, 6.45) is 6.54. The molecule has 5 nitrogen and oxygen atoms in total. The largest absolute Gasteiger partial charge is 0.312 e. The summed E-state index contributed by atoms with van der Waals surface area (Å²) in [6.45, 7) is 12.1. The molecular weight excluding hydrogens is 286 g/mol. The van der Waals surface area contributed by atoms with E-state index in [-0.39, 0.29) is 0 Å². The average Bonchev–Trinajstić information content (AvgIpc) is 2.57. The van der Waals surface area contributed by atoms with Gasteiger partial charge in [-0.3, -0.25) is 0 Å². The van der Waals surface area contributed by atoms with Gasteiger partial charge < -0.3 is 26.6 Å². The molecular formula is C18H39N5. The van der Waals surface area contributed by atoms with Crippen molar-refractivity contribution in [1.29, 1.82) is 0 Å². The first-order valence-electron chi connectivity index (χ1n) is 9.87. The Balaban J connectivity index is 1.89. The molecule has 5 heteroatoms. The van der Waals surface area contributed by atoms with Crippen molar-refractivity contribution in [2.45, 2.75) is 83.1 Å². The third kappa shape index (κ3) is 6.67. The number of hydrogen-bond acceptors (Lipinski definition) is 5. The van der Waals surface area contributed by atoms with E-state index in [1.165, 1.54) is 32.1 Å². The van der Waals surface area contributed by atoms with Crippen LogP contribution < -0.4 is 26.6 Å². The topological polar surface area (TPSA) is 60.1 Å². The smallest absolute Gasteiger partial charge is 0.0221 e. The van der Waals surface area contributed by atoms with Crippen molar-refractivity contribution in [2.24, 2.45) is 0 Å². The molecule has 1 saturated heterocycles. The summed E-state index contributed by atoms with van der Waals surface area (Å²) in [5, 5.41) is 18.6. The van der Waals surface area contributed by atoms with Crippen LogP contribution in [0.3, 0.4) is 0 Å². The van der Waals surface area contributed by atoms with E-state index >= 15 is 0 Å². The summed E-state index contributed by atoms with van der Waals surface area (Å²) < 4.78 is 0. The summed E-state index contributed by atoms with van der Waals surface area (Å²) in [6, 6.07) is 2.87. The minimum Gasteiger partial charge on any atom is -0.312 e. The molecule has 0 spiro atoms. The van der Waals surface area contributed by atoms with Crippen LogP contribution in [0.25, 0.3) is 0 Å². The Bertz CT molecular complexity index is 312. The monoisotopic (exact) mass is 325 g/mol. The first kappa shape index (κ1) is 19.1. The highest BCUT2D eigenvalue weighted by atomic mass is 15.1.